The van der Waals surface area contributed by atoms with Crippen molar-refractivity contribution in [1.82, 2.24) is 0 Å². The van der Waals surface area contributed by atoms with Gasteiger partial charge in [-0.1, -0.05) is 26.2 Å². The van der Waals surface area contributed by atoms with Gasteiger partial charge in [0.15, 0.2) is 0 Å². The molecule has 0 bridgehead atoms. The molecule has 0 amide bonds. The normalized spacial score (nSPS) is 8.60. The molecule has 0 fully saturated rings. The predicted octanol–water partition coefficient (Wildman–Crippen LogP) is 2.54. The molecule has 0 aliphatic heterocycles. The van der Waals surface area contributed by atoms with E-state index in [4.69, 9.17) is 0 Å². The summed E-state index contributed by atoms with van der Waals surface area (Å²) >= 11 is 0. The summed E-state index contributed by atoms with van der Waals surface area (Å²) in [5.74, 6) is 0.325. The van der Waals surface area contributed by atoms with Crippen LogP contribution in [0.2, 0.25) is 0 Å². The summed E-state index contributed by atoms with van der Waals surface area (Å²) in [5, 5.41) is 0. The fourth-order valence-electron chi connectivity index (χ4n) is 0.801. The van der Waals surface area contributed by atoms with Crippen molar-refractivity contribution >= 4 is 5.78 Å². The van der Waals surface area contributed by atoms with Gasteiger partial charge in [-0.05, 0) is 13.3 Å². The molecular weight excluding hydrogens is 167 g/mol. The number of rotatable bonds is 5. The number of hydrogen-bond acceptors (Lipinski definition) is 1. The van der Waals surface area contributed by atoms with Gasteiger partial charge >= 0.3 is 0 Å². The molecule has 0 heterocycles. The molecule has 0 atom stereocenters. The largest absolute Gasteiger partial charge is 0.300 e. The van der Waals surface area contributed by atoms with E-state index in [1.54, 1.807) is 6.92 Å². The van der Waals surface area contributed by atoms with Gasteiger partial charge in [-0.15, -0.1) is 0 Å². The number of hydrogen-bond donors (Lipinski definition) is 0. The smallest absolute Gasteiger partial charge is 0.129 e. The Labute approximate surface area is 74.1 Å². The maximum Gasteiger partial charge on any atom is 0.129 e. The van der Waals surface area contributed by atoms with Crippen LogP contribution in [0.3, 0.4) is 0 Å². The van der Waals surface area contributed by atoms with Crippen LogP contribution in [0.15, 0.2) is 0 Å². The summed E-state index contributed by atoms with van der Waals surface area (Å²) in [6, 6.07) is 0. The topological polar surface area (TPSA) is 17.1 Å². The standard InChI is InChI=1S/C8H16O.Mn/c1-3-4-5-6-7-8(2)9;/h3-7H2,1-2H3;. The van der Waals surface area contributed by atoms with E-state index in [0.29, 0.717) is 5.78 Å². The third kappa shape index (κ3) is 11.0. The van der Waals surface area contributed by atoms with Crippen molar-refractivity contribution in [2.75, 3.05) is 0 Å². The van der Waals surface area contributed by atoms with E-state index in [0.717, 1.165) is 12.8 Å². The summed E-state index contributed by atoms with van der Waals surface area (Å²) in [7, 11) is 0. The van der Waals surface area contributed by atoms with Crippen LogP contribution >= 0.6 is 0 Å². The maximum absolute atomic E-state index is 10.4. The molecule has 0 aliphatic carbocycles. The van der Waals surface area contributed by atoms with Gasteiger partial charge in [-0.25, -0.2) is 0 Å². The molecule has 0 aromatic heterocycles. The van der Waals surface area contributed by atoms with Crippen LogP contribution in [-0.4, -0.2) is 5.78 Å². The number of carbonyl (C=O) groups is 1. The Balaban J connectivity index is 0. The average Bonchev–Trinajstić information content (AvgIpc) is 1.80. The molecule has 0 aromatic rings. The van der Waals surface area contributed by atoms with Crippen LogP contribution in [0, 0.1) is 0 Å². The zero-order chi connectivity index (χ0) is 7.11. The van der Waals surface area contributed by atoms with Crippen LogP contribution in [0.5, 0.6) is 0 Å². The third-order valence-electron chi connectivity index (χ3n) is 1.38. The third-order valence-corrected chi connectivity index (χ3v) is 1.38. The van der Waals surface area contributed by atoms with E-state index in [-0.39, 0.29) is 17.1 Å². The molecule has 0 unspecified atom stereocenters. The molecule has 1 radical (unpaired) electrons. The van der Waals surface area contributed by atoms with E-state index in [2.05, 4.69) is 6.92 Å². The van der Waals surface area contributed by atoms with Gasteiger partial charge in [0.2, 0.25) is 0 Å². The predicted molar refractivity (Wildman–Crippen MR) is 39.4 cm³/mol. The Morgan fingerprint density at radius 1 is 1.20 bits per heavy atom. The fourth-order valence-corrected chi connectivity index (χ4v) is 0.801. The van der Waals surface area contributed by atoms with Crippen molar-refractivity contribution in [2.24, 2.45) is 0 Å². The Morgan fingerprint density at radius 3 is 2.20 bits per heavy atom. The van der Waals surface area contributed by atoms with Crippen molar-refractivity contribution in [2.45, 2.75) is 46.0 Å². The molecular formula is C8H16MnO. The van der Waals surface area contributed by atoms with Crippen molar-refractivity contribution in [3.05, 3.63) is 0 Å². The number of Topliss-reactive ketones (excluding diaryl/α,β-unsaturated/α-hetero) is 1. The first-order valence-electron chi connectivity index (χ1n) is 3.76. The molecule has 2 heteroatoms. The van der Waals surface area contributed by atoms with Crippen LogP contribution < -0.4 is 0 Å². The first-order valence-corrected chi connectivity index (χ1v) is 3.76. The van der Waals surface area contributed by atoms with Gasteiger partial charge in [-0.3, -0.25) is 0 Å². The van der Waals surface area contributed by atoms with Crippen LogP contribution in [0.25, 0.3) is 0 Å². The number of carbonyl (C=O) groups excluding carboxylic acids is 1. The first kappa shape index (κ1) is 12.8. The van der Waals surface area contributed by atoms with Gasteiger partial charge < -0.3 is 4.79 Å². The fraction of sp³-hybridized carbons (Fsp3) is 0.875. The van der Waals surface area contributed by atoms with Gasteiger partial charge in [0, 0.05) is 23.5 Å². The van der Waals surface area contributed by atoms with Crippen molar-refractivity contribution in [1.29, 1.82) is 0 Å². The minimum absolute atomic E-state index is 0. The molecule has 61 valence electrons. The second-order valence-corrected chi connectivity index (χ2v) is 2.51. The summed E-state index contributed by atoms with van der Waals surface area (Å²) in [6.07, 6.45) is 5.60. The van der Waals surface area contributed by atoms with Crippen molar-refractivity contribution < 1.29 is 21.9 Å². The Bertz CT molecular complexity index is 81.3. The minimum Gasteiger partial charge on any atom is -0.300 e. The molecule has 0 saturated heterocycles. The quantitative estimate of drug-likeness (QED) is 0.472. The number of unbranched alkanes of at least 4 members (excludes halogenated alkanes) is 3. The van der Waals surface area contributed by atoms with E-state index < -0.39 is 0 Å². The van der Waals surface area contributed by atoms with Gasteiger partial charge in [-0.2, -0.15) is 0 Å². The second kappa shape index (κ2) is 9.19. The van der Waals surface area contributed by atoms with Crippen LogP contribution in [-0.2, 0) is 21.9 Å². The van der Waals surface area contributed by atoms with E-state index >= 15 is 0 Å². The first-order chi connectivity index (χ1) is 4.27. The molecule has 0 aliphatic rings. The Hall–Kier alpha value is 0.189. The molecule has 0 saturated carbocycles. The molecule has 1 nitrogen and oxygen atoms in total. The maximum atomic E-state index is 10.4. The van der Waals surface area contributed by atoms with Crippen molar-refractivity contribution in [3.8, 4) is 0 Å². The zero-order valence-electron chi connectivity index (χ0n) is 6.82. The van der Waals surface area contributed by atoms with Crippen LogP contribution in [0.1, 0.15) is 46.0 Å². The van der Waals surface area contributed by atoms with Gasteiger partial charge in [0.1, 0.15) is 5.78 Å². The van der Waals surface area contributed by atoms with Crippen LogP contribution in [0.4, 0.5) is 0 Å². The zero-order valence-corrected chi connectivity index (χ0v) is 8.00. The molecule has 0 aromatic carbocycles. The molecule has 0 rings (SSSR count). The van der Waals surface area contributed by atoms with E-state index in [1.165, 1.54) is 19.3 Å². The van der Waals surface area contributed by atoms with Gasteiger partial charge in [0.05, 0.1) is 0 Å². The molecule has 0 N–H and O–H groups in total. The molecule has 0 spiro atoms. The van der Waals surface area contributed by atoms with Gasteiger partial charge in [0.25, 0.3) is 0 Å². The Kier molecular flexibility index (Phi) is 11.8. The van der Waals surface area contributed by atoms with E-state index in [9.17, 15) is 4.79 Å². The number of ketones is 1. The minimum atomic E-state index is 0. The van der Waals surface area contributed by atoms with E-state index in [1.807, 2.05) is 0 Å². The summed E-state index contributed by atoms with van der Waals surface area (Å²) in [4.78, 5) is 10.4. The summed E-state index contributed by atoms with van der Waals surface area (Å²) in [6.45, 7) is 3.83. The Morgan fingerprint density at radius 2 is 1.80 bits per heavy atom. The second-order valence-electron chi connectivity index (χ2n) is 2.51. The SMILES string of the molecule is CCCCCCC(C)=O.[Mn]. The average molecular weight is 183 g/mol. The van der Waals surface area contributed by atoms with Crippen molar-refractivity contribution in [3.63, 3.8) is 0 Å². The molecule has 10 heavy (non-hydrogen) atoms. The summed E-state index contributed by atoms with van der Waals surface area (Å²) in [5.41, 5.74) is 0. The summed E-state index contributed by atoms with van der Waals surface area (Å²) < 4.78 is 0. The monoisotopic (exact) mass is 183 g/mol.